The Morgan fingerprint density at radius 3 is 3.00 bits per heavy atom. The second kappa shape index (κ2) is 5.80. The van der Waals surface area contributed by atoms with Crippen molar-refractivity contribution in [3.8, 4) is 0 Å². The maximum absolute atomic E-state index is 13.1. The lowest BCUT2D eigenvalue weighted by Crippen LogP contribution is -2.40. The zero-order valence-electron chi connectivity index (χ0n) is 10.1. The summed E-state index contributed by atoms with van der Waals surface area (Å²) in [5.74, 6) is -0.586. The van der Waals surface area contributed by atoms with Crippen molar-refractivity contribution in [1.82, 2.24) is 5.32 Å². The first-order valence-electron chi connectivity index (χ1n) is 5.95. The van der Waals surface area contributed by atoms with Gasteiger partial charge < -0.3 is 10.1 Å². The molecule has 0 aliphatic carbocycles. The Bertz CT molecular complexity index is 447. The molecule has 2 unspecified atom stereocenters. The predicted molar refractivity (Wildman–Crippen MR) is 70.0 cm³/mol. The van der Waals surface area contributed by atoms with Gasteiger partial charge in [0.15, 0.2) is 0 Å². The molecule has 2 atom stereocenters. The molecule has 0 spiro atoms. The number of halogens is 2. The third-order valence-electron chi connectivity index (χ3n) is 3.06. The van der Waals surface area contributed by atoms with Crippen LogP contribution in [0.15, 0.2) is 22.7 Å². The lowest BCUT2D eigenvalue weighted by Gasteiger charge is -2.20. The van der Waals surface area contributed by atoms with E-state index in [0.29, 0.717) is 10.0 Å². The second-order valence-corrected chi connectivity index (χ2v) is 5.30. The largest absolute Gasteiger partial charge is 0.376 e. The smallest absolute Gasteiger partial charge is 0.251 e. The van der Waals surface area contributed by atoms with Crippen molar-refractivity contribution in [2.24, 2.45) is 0 Å². The van der Waals surface area contributed by atoms with E-state index in [1.165, 1.54) is 18.2 Å². The van der Waals surface area contributed by atoms with Crippen molar-refractivity contribution in [2.75, 3.05) is 6.61 Å². The van der Waals surface area contributed by atoms with Crippen molar-refractivity contribution in [1.29, 1.82) is 0 Å². The van der Waals surface area contributed by atoms with Crippen LogP contribution in [-0.4, -0.2) is 24.7 Å². The van der Waals surface area contributed by atoms with Crippen LogP contribution in [0.4, 0.5) is 4.39 Å². The molecule has 1 aromatic carbocycles. The maximum atomic E-state index is 13.1. The SMILES string of the molecule is CC(NC(=O)c1ccc(F)c(Br)c1)C1CCCO1. The molecule has 0 saturated carbocycles. The Morgan fingerprint density at radius 2 is 2.39 bits per heavy atom. The topological polar surface area (TPSA) is 38.3 Å². The van der Waals surface area contributed by atoms with E-state index >= 15 is 0 Å². The second-order valence-electron chi connectivity index (χ2n) is 4.44. The van der Waals surface area contributed by atoms with Crippen LogP contribution >= 0.6 is 15.9 Å². The Kier molecular flexibility index (Phi) is 4.35. The van der Waals surface area contributed by atoms with Crippen LogP contribution < -0.4 is 5.32 Å². The molecule has 1 heterocycles. The lowest BCUT2D eigenvalue weighted by atomic mass is 10.1. The Hall–Kier alpha value is -0.940. The molecular formula is C13H15BrFNO2. The lowest BCUT2D eigenvalue weighted by molar-refractivity contribution is 0.0712. The maximum Gasteiger partial charge on any atom is 0.251 e. The molecule has 1 aliphatic rings. The normalized spacial score (nSPS) is 20.7. The quantitative estimate of drug-likeness (QED) is 0.931. The van der Waals surface area contributed by atoms with E-state index in [2.05, 4.69) is 21.2 Å². The van der Waals surface area contributed by atoms with Gasteiger partial charge in [-0.3, -0.25) is 4.79 Å². The number of hydrogen-bond acceptors (Lipinski definition) is 2. The highest BCUT2D eigenvalue weighted by molar-refractivity contribution is 9.10. The van der Waals surface area contributed by atoms with E-state index < -0.39 is 0 Å². The first-order chi connectivity index (χ1) is 8.58. The van der Waals surface area contributed by atoms with Gasteiger partial charge in [-0.2, -0.15) is 0 Å². The van der Waals surface area contributed by atoms with E-state index in [4.69, 9.17) is 4.74 Å². The molecule has 1 fully saturated rings. The van der Waals surface area contributed by atoms with Crippen LogP contribution in [0.25, 0.3) is 0 Å². The van der Waals surface area contributed by atoms with Gasteiger partial charge in [0.1, 0.15) is 5.82 Å². The van der Waals surface area contributed by atoms with Crippen LogP contribution in [-0.2, 0) is 4.74 Å². The van der Waals surface area contributed by atoms with Crippen LogP contribution in [0.5, 0.6) is 0 Å². The number of ether oxygens (including phenoxy) is 1. The number of carbonyl (C=O) groups is 1. The number of hydrogen-bond donors (Lipinski definition) is 1. The third kappa shape index (κ3) is 3.09. The van der Waals surface area contributed by atoms with Crippen molar-refractivity contribution in [2.45, 2.75) is 31.9 Å². The minimum atomic E-state index is -0.376. The van der Waals surface area contributed by atoms with Gasteiger partial charge >= 0.3 is 0 Å². The Balaban J connectivity index is 2.00. The van der Waals surface area contributed by atoms with Gasteiger partial charge in [-0.1, -0.05) is 0 Å². The standard InChI is InChI=1S/C13H15BrFNO2/c1-8(12-3-2-6-18-12)16-13(17)9-4-5-11(15)10(14)7-9/h4-5,7-8,12H,2-3,6H2,1H3,(H,16,17). The number of carbonyl (C=O) groups excluding carboxylic acids is 1. The van der Waals surface area contributed by atoms with Crippen molar-refractivity contribution >= 4 is 21.8 Å². The molecule has 98 valence electrons. The fourth-order valence-corrected chi connectivity index (χ4v) is 2.40. The molecule has 1 amide bonds. The predicted octanol–water partition coefficient (Wildman–Crippen LogP) is 2.89. The molecule has 1 saturated heterocycles. The van der Waals surface area contributed by atoms with Gasteiger partial charge in [0, 0.05) is 12.2 Å². The molecule has 2 rings (SSSR count). The highest BCUT2D eigenvalue weighted by Crippen LogP contribution is 2.18. The van der Waals surface area contributed by atoms with Gasteiger partial charge in [-0.25, -0.2) is 4.39 Å². The van der Waals surface area contributed by atoms with E-state index in [1.807, 2.05) is 6.92 Å². The molecule has 0 aromatic heterocycles. The molecule has 0 bridgehead atoms. The molecule has 18 heavy (non-hydrogen) atoms. The van der Waals surface area contributed by atoms with Gasteiger partial charge in [0.25, 0.3) is 5.91 Å². The minimum absolute atomic E-state index is 0.0381. The molecular weight excluding hydrogens is 301 g/mol. The van der Waals surface area contributed by atoms with Crippen molar-refractivity contribution in [3.05, 3.63) is 34.1 Å². The van der Waals surface area contributed by atoms with E-state index in [0.717, 1.165) is 19.4 Å². The minimum Gasteiger partial charge on any atom is -0.376 e. The van der Waals surface area contributed by atoms with Gasteiger partial charge in [-0.15, -0.1) is 0 Å². The van der Waals surface area contributed by atoms with Crippen LogP contribution in [0, 0.1) is 5.82 Å². The summed E-state index contributed by atoms with van der Waals surface area (Å²) < 4.78 is 18.9. The average Bonchev–Trinajstić information content (AvgIpc) is 2.86. The summed E-state index contributed by atoms with van der Waals surface area (Å²) >= 11 is 3.07. The van der Waals surface area contributed by atoms with Crippen LogP contribution in [0.1, 0.15) is 30.1 Å². The van der Waals surface area contributed by atoms with Gasteiger partial charge in [0.05, 0.1) is 16.6 Å². The van der Waals surface area contributed by atoms with Crippen LogP contribution in [0.2, 0.25) is 0 Å². The molecule has 0 radical (unpaired) electrons. The average molecular weight is 316 g/mol. The number of nitrogens with one attached hydrogen (secondary N) is 1. The van der Waals surface area contributed by atoms with Gasteiger partial charge in [0.2, 0.25) is 0 Å². The Morgan fingerprint density at radius 1 is 1.61 bits per heavy atom. The van der Waals surface area contributed by atoms with Crippen molar-refractivity contribution in [3.63, 3.8) is 0 Å². The summed E-state index contributed by atoms with van der Waals surface area (Å²) in [7, 11) is 0. The zero-order valence-corrected chi connectivity index (χ0v) is 11.7. The number of amides is 1. The number of benzene rings is 1. The summed E-state index contributed by atoms with van der Waals surface area (Å²) in [4.78, 5) is 12.0. The van der Waals surface area contributed by atoms with E-state index in [9.17, 15) is 9.18 Å². The summed E-state index contributed by atoms with van der Waals surface area (Å²) in [5, 5.41) is 2.88. The summed E-state index contributed by atoms with van der Waals surface area (Å²) in [6.45, 7) is 2.68. The molecule has 1 N–H and O–H groups in total. The molecule has 3 nitrogen and oxygen atoms in total. The van der Waals surface area contributed by atoms with E-state index in [1.54, 1.807) is 0 Å². The summed E-state index contributed by atoms with van der Waals surface area (Å²) in [6.07, 6.45) is 2.08. The third-order valence-corrected chi connectivity index (χ3v) is 3.67. The summed E-state index contributed by atoms with van der Waals surface area (Å²) in [5.41, 5.74) is 0.438. The zero-order chi connectivity index (χ0) is 13.1. The van der Waals surface area contributed by atoms with Crippen LogP contribution in [0.3, 0.4) is 0 Å². The Labute approximate surface area is 114 Å². The number of rotatable bonds is 3. The highest BCUT2D eigenvalue weighted by atomic mass is 79.9. The first kappa shape index (κ1) is 13.5. The molecule has 5 heteroatoms. The van der Waals surface area contributed by atoms with Crippen molar-refractivity contribution < 1.29 is 13.9 Å². The van der Waals surface area contributed by atoms with Gasteiger partial charge in [-0.05, 0) is 53.9 Å². The first-order valence-corrected chi connectivity index (χ1v) is 6.75. The monoisotopic (exact) mass is 315 g/mol. The molecule has 1 aliphatic heterocycles. The highest BCUT2D eigenvalue weighted by Gasteiger charge is 2.24. The fourth-order valence-electron chi connectivity index (χ4n) is 2.02. The molecule has 1 aromatic rings. The fraction of sp³-hybridized carbons (Fsp3) is 0.462. The van der Waals surface area contributed by atoms with E-state index in [-0.39, 0.29) is 23.9 Å². The summed E-state index contributed by atoms with van der Waals surface area (Å²) in [6, 6.07) is 4.18.